The second-order valence-corrected chi connectivity index (χ2v) is 9.57. The van der Waals surface area contributed by atoms with Crippen molar-refractivity contribution < 1.29 is 38.0 Å². The molecule has 3 aromatic carbocycles. The summed E-state index contributed by atoms with van der Waals surface area (Å²) in [5, 5.41) is 0. The molecule has 0 spiro atoms. The first-order valence-corrected chi connectivity index (χ1v) is 12.6. The van der Waals surface area contributed by atoms with Crippen molar-refractivity contribution in [2.24, 2.45) is 0 Å². The number of hydrogen-bond acceptors (Lipinski definition) is 9. The average Bonchev–Trinajstić information content (AvgIpc) is 3.66. The normalized spacial score (nSPS) is 22.6. The van der Waals surface area contributed by atoms with E-state index in [1.54, 1.807) is 19.1 Å². The Balaban J connectivity index is 1.42. The lowest BCUT2D eigenvalue weighted by atomic mass is 9.76. The Morgan fingerprint density at radius 1 is 1.00 bits per heavy atom. The highest BCUT2D eigenvalue weighted by Crippen LogP contribution is 2.53. The quantitative estimate of drug-likeness (QED) is 0.470. The number of benzene rings is 3. The molecule has 38 heavy (non-hydrogen) atoms. The van der Waals surface area contributed by atoms with Gasteiger partial charge < -0.3 is 28.4 Å². The van der Waals surface area contributed by atoms with Crippen LogP contribution < -0.4 is 18.9 Å². The molecule has 2 atom stereocenters. The predicted molar refractivity (Wildman–Crippen MR) is 132 cm³/mol. The van der Waals surface area contributed by atoms with Crippen LogP contribution in [0.25, 0.3) is 0 Å². The molecule has 0 amide bonds. The van der Waals surface area contributed by atoms with Crippen LogP contribution >= 0.6 is 0 Å². The minimum atomic E-state index is -1.22. The molecular weight excluding hydrogens is 490 g/mol. The van der Waals surface area contributed by atoms with Gasteiger partial charge in [-0.05, 0) is 48.2 Å². The van der Waals surface area contributed by atoms with Gasteiger partial charge in [-0.25, -0.2) is 14.5 Å². The topological polar surface area (TPSA) is 92.8 Å². The summed E-state index contributed by atoms with van der Waals surface area (Å²) in [5.74, 6) is 1.12. The van der Waals surface area contributed by atoms with Gasteiger partial charge in [0.15, 0.2) is 34.8 Å². The Bertz CT molecular complexity index is 1450. The molecule has 0 aliphatic carbocycles. The van der Waals surface area contributed by atoms with Crippen LogP contribution in [0.3, 0.4) is 0 Å². The van der Waals surface area contributed by atoms with Gasteiger partial charge >= 0.3 is 11.9 Å². The fraction of sp³-hybridized carbons (Fsp3) is 0.310. The molecule has 0 bridgehead atoms. The van der Waals surface area contributed by atoms with Gasteiger partial charge in [-0.15, -0.1) is 0 Å². The zero-order valence-electron chi connectivity index (χ0n) is 20.7. The van der Waals surface area contributed by atoms with Crippen LogP contribution in [0.15, 0.2) is 54.6 Å². The average molecular weight is 516 g/mol. The number of esters is 2. The van der Waals surface area contributed by atoms with Crippen molar-refractivity contribution >= 4 is 11.9 Å². The number of ether oxygens (including phenoxy) is 6. The minimum Gasteiger partial charge on any atom is -0.462 e. The standard InChI is InChI=1S/C29H25NO8/c1-2-33-27(31)24-19(8-9-21-25(24)37-16-34-21)14-29-20-13-23-22(35-15-36-23)12-18(20)10-11-30(29)26(38-28(29)32)17-6-4-3-5-7-17/h3-9,12-13,26H,2,10-11,14-16H2,1H3. The van der Waals surface area contributed by atoms with Crippen LogP contribution in [-0.2, 0) is 32.6 Å². The molecule has 0 radical (unpaired) electrons. The van der Waals surface area contributed by atoms with Gasteiger partial charge in [0.2, 0.25) is 13.6 Å². The van der Waals surface area contributed by atoms with Crippen molar-refractivity contribution in [1.29, 1.82) is 0 Å². The number of cyclic esters (lactones) is 1. The van der Waals surface area contributed by atoms with E-state index in [2.05, 4.69) is 4.90 Å². The molecule has 2 unspecified atom stereocenters. The van der Waals surface area contributed by atoms with Crippen LogP contribution in [-0.4, -0.2) is 43.6 Å². The Kier molecular flexibility index (Phi) is 5.23. The van der Waals surface area contributed by atoms with Gasteiger partial charge in [0.1, 0.15) is 5.56 Å². The van der Waals surface area contributed by atoms with Crippen LogP contribution in [0, 0.1) is 0 Å². The largest absolute Gasteiger partial charge is 0.462 e. The molecule has 1 fully saturated rings. The molecule has 9 nitrogen and oxygen atoms in total. The number of carbonyl (C=O) groups excluding carboxylic acids is 2. The van der Waals surface area contributed by atoms with Crippen LogP contribution in [0.5, 0.6) is 23.0 Å². The van der Waals surface area contributed by atoms with Gasteiger partial charge in [0.05, 0.1) is 6.61 Å². The predicted octanol–water partition coefficient (Wildman–Crippen LogP) is 3.87. The second kappa shape index (κ2) is 8.66. The first-order chi connectivity index (χ1) is 18.6. The van der Waals surface area contributed by atoms with E-state index in [4.69, 9.17) is 28.4 Å². The molecule has 4 heterocycles. The maximum atomic E-state index is 14.1. The zero-order chi connectivity index (χ0) is 25.9. The van der Waals surface area contributed by atoms with Crippen LogP contribution in [0.1, 0.15) is 45.8 Å². The van der Waals surface area contributed by atoms with Crippen molar-refractivity contribution in [3.05, 3.63) is 82.4 Å². The van der Waals surface area contributed by atoms with E-state index in [-0.39, 0.29) is 32.2 Å². The molecule has 0 saturated carbocycles. The third kappa shape index (κ3) is 3.28. The number of carbonyl (C=O) groups is 2. The van der Waals surface area contributed by atoms with E-state index >= 15 is 0 Å². The second-order valence-electron chi connectivity index (χ2n) is 9.57. The maximum absolute atomic E-state index is 14.1. The van der Waals surface area contributed by atoms with Crippen molar-refractivity contribution in [3.63, 3.8) is 0 Å². The Labute approximate surface area is 218 Å². The summed E-state index contributed by atoms with van der Waals surface area (Å²) in [6.07, 6.45) is 0.272. The van der Waals surface area contributed by atoms with E-state index in [0.717, 1.165) is 16.7 Å². The van der Waals surface area contributed by atoms with E-state index in [0.29, 0.717) is 41.5 Å². The SMILES string of the molecule is CCOC(=O)c1c(CC23C(=O)OC(c4ccccc4)N2CCc2cc4c(cc23)OCO4)ccc2c1OCO2. The first kappa shape index (κ1) is 22.9. The summed E-state index contributed by atoms with van der Waals surface area (Å²) in [5.41, 5.74) is 2.29. The van der Waals surface area contributed by atoms with Crippen molar-refractivity contribution in [3.8, 4) is 23.0 Å². The third-order valence-corrected chi connectivity index (χ3v) is 7.63. The summed E-state index contributed by atoms with van der Waals surface area (Å²) in [6, 6.07) is 17.1. The lowest BCUT2D eigenvalue weighted by Gasteiger charge is -2.42. The molecule has 4 aliphatic rings. The Hall–Kier alpha value is -4.24. The molecule has 4 aliphatic heterocycles. The smallest absolute Gasteiger partial charge is 0.342 e. The molecular formula is C29H25NO8. The summed E-state index contributed by atoms with van der Waals surface area (Å²) in [7, 11) is 0. The molecule has 7 rings (SSSR count). The van der Waals surface area contributed by atoms with Gasteiger partial charge in [-0.3, -0.25) is 0 Å². The first-order valence-electron chi connectivity index (χ1n) is 12.6. The molecule has 3 aromatic rings. The number of hydrogen-bond donors (Lipinski definition) is 0. The van der Waals surface area contributed by atoms with Crippen molar-refractivity contribution in [2.75, 3.05) is 26.7 Å². The van der Waals surface area contributed by atoms with Gasteiger partial charge in [-0.1, -0.05) is 36.4 Å². The molecule has 0 aromatic heterocycles. The maximum Gasteiger partial charge on any atom is 0.342 e. The fourth-order valence-corrected chi connectivity index (χ4v) is 5.97. The zero-order valence-corrected chi connectivity index (χ0v) is 20.7. The van der Waals surface area contributed by atoms with Gasteiger partial charge in [-0.2, -0.15) is 0 Å². The highest BCUT2D eigenvalue weighted by molar-refractivity contribution is 5.96. The third-order valence-electron chi connectivity index (χ3n) is 7.63. The highest BCUT2D eigenvalue weighted by Gasteiger charge is 2.59. The molecule has 9 heteroatoms. The Morgan fingerprint density at radius 3 is 2.58 bits per heavy atom. The van der Waals surface area contributed by atoms with Crippen LogP contribution in [0.4, 0.5) is 0 Å². The summed E-state index contributed by atoms with van der Waals surface area (Å²) in [4.78, 5) is 29.4. The van der Waals surface area contributed by atoms with Crippen molar-refractivity contribution in [2.45, 2.75) is 31.5 Å². The highest BCUT2D eigenvalue weighted by atomic mass is 16.7. The summed E-state index contributed by atoms with van der Waals surface area (Å²) in [6.45, 7) is 2.65. The number of fused-ring (bicyclic) bond motifs is 5. The summed E-state index contributed by atoms with van der Waals surface area (Å²) >= 11 is 0. The Morgan fingerprint density at radius 2 is 1.76 bits per heavy atom. The van der Waals surface area contributed by atoms with E-state index in [1.807, 2.05) is 42.5 Å². The fourth-order valence-electron chi connectivity index (χ4n) is 5.97. The van der Waals surface area contributed by atoms with Gasteiger partial charge in [0, 0.05) is 18.5 Å². The molecule has 0 N–H and O–H groups in total. The van der Waals surface area contributed by atoms with E-state index in [1.165, 1.54) is 0 Å². The summed E-state index contributed by atoms with van der Waals surface area (Å²) < 4.78 is 34.1. The minimum absolute atomic E-state index is 0.00684. The van der Waals surface area contributed by atoms with E-state index in [9.17, 15) is 9.59 Å². The van der Waals surface area contributed by atoms with E-state index < -0.39 is 23.7 Å². The lowest BCUT2D eigenvalue weighted by Crippen LogP contribution is -2.52. The number of nitrogens with zero attached hydrogens (tertiary/aromatic N) is 1. The monoisotopic (exact) mass is 515 g/mol. The number of rotatable bonds is 5. The van der Waals surface area contributed by atoms with Crippen LogP contribution in [0.2, 0.25) is 0 Å². The van der Waals surface area contributed by atoms with Crippen molar-refractivity contribution in [1.82, 2.24) is 4.90 Å². The molecule has 1 saturated heterocycles. The lowest BCUT2D eigenvalue weighted by molar-refractivity contribution is -0.146. The molecule has 194 valence electrons. The van der Waals surface area contributed by atoms with Gasteiger partial charge in [0.25, 0.3) is 0 Å².